The fourth-order valence-corrected chi connectivity index (χ4v) is 1.86. The van der Waals surface area contributed by atoms with Gasteiger partial charge in [0.25, 0.3) is 0 Å². The Balaban J connectivity index is 3.01. The van der Waals surface area contributed by atoms with Gasteiger partial charge >= 0.3 is 0 Å². The largest absolute Gasteiger partial charge is 0.300 e. The van der Waals surface area contributed by atoms with Crippen molar-refractivity contribution in [2.45, 2.75) is 84.5 Å². The molecule has 0 aromatic rings. The van der Waals surface area contributed by atoms with Crippen LogP contribution < -0.4 is 0 Å². The normalized spacial score (nSPS) is 10.5. The van der Waals surface area contributed by atoms with Crippen molar-refractivity contribution in [2.24, 2.45) is 0 Å². The highest BCUT2D eigenvalue weighted by molar-refractivity contribution is 5.78. The second-order valence-electron chi connectivity index (χ2n) is 4.51. The molecule has 0 fully saturated rings. The molecule has 0 atom stereocenters. The zero-order valence-corrected chi connectivity index (χ0v) is 10.7. The fraction of sp³-hybridized carbons (Fsp3) is 0.929. The van der Waals surface area contributed by atoms with Gasteiger partial charge in [0.15, 0.2) is 0 Å². The molecule has 0 N–H and O–H groups in total. The smallest absolute Gasteiger partial charge is 0.132 e. The Labute approximate surface area is 95.6 Å². The van der Waals surface area contributed by atoms with Gasteiger partial charge < -0.3 is 0 Å². The molecule has 0 aliphatic rings. The topological polar surface area (TPSA) is 17.1 Å². The predicted octanol–water partition coefficient (Wildman–Crippen LogP) is 4.89. The highest BCUT2D eigenvalue weighted by Gasteiger charge is 1.99. The lowest BCUT2D eigenvalue weighted by molar-refractivity contribution is -0.119. The minimum absolute atomic E-state index is 0.462. The number of ketones is 1. The monoisotopic (exact) mass is 212 g/mol. The van der Waals surface area contributed by atoms with E-state index in [1.54, 1.807) is 0 Å². The van der Waals surface area contributed by atoms with Gasteiger partial charge in [0.2, 0.25) is 0 Å². The standard InChI is InChI=1S/C14H28O/c1-3-5-6-7-8-9-10-11-13-14(15)12-4-2/h3-13H2,1-2H3. The Morgan fingerprint density at radius 2 is 1.20 bits per heavy atom. The molecule has 0 unspecified atom stereocenters. The lowest BCUT2D eigenvalue weighted by Gasteiger charge is -2.01. The summed E-state index contributed by atoms with van der Waals surface area (Å²) >= 11 is 0. The van der Waals surface area contributed by atoms with Gasteiger partial charge in [0, 0.05) is 12.8 Å². The van der Waals surface area contributed by atoms with Crippen LogP contribution in [0, 0.1) is 0 Å². The molecular weight excluding hydrogens is 184 g/mol. The molecule has 1 heteroatoms. The molecule has 0 aliphatic heterocycles. The van der Waals surface area contributed by atoms with Gasteiger partial charge in [-0.25, -0.2) is 0 Å². The van der Waals surface area contributed by atoms with Crippen LogP contribution in [0.15, 0.2) is 0 Å². The second-order valence-corrected chi connectivity index (χ2v) is 4.51. The van der Waals surface area contributed by atoms with Crippen LogP contribution in [0.4, 0.5) is 0 Å². The summed E-state index contributed by atoms with van der Waals surface area (Å²) in [5.74, 6) is 0.462. The number of hydrogen-bond acceptors (Lipinski definition) is 1. The molecule has 0 heterocycles. The average Bonchev–Trinajstić information content (AvgIpc) is 2.22. The Morgan fingerprint density at radius 1 is 0.667 bits per heavy atom. The summed E-state index contributed by atoms with van der Waals surface area (Å²) in [6.07, 6.45) is 13.2. The molecule has 0 saturated carbocycles. The van der Waals surface area contributed by atoms with E-state index in [1.807, 2.05) is 0 Å². The van der Waals surface area contributed by atoms with Gasteiger partial charge in [0.05, 0.1) is 0 Å². The first-order valence-electron chi connectivity index (χ1n) is 6.83. The quantitative estimate of drug-likeness (QED) is 0.446. The number of Topliss-reactive ketones (excluding diaryl/α,β-unsaturated/α-hetero) is 1. The third kappa shape index (κ3) is 11.6. The van der Waals surface area contributed by atoms with Crippen LogP contribution in [-0.4, -0.2) is 5.78 Å². The molecule has 0 bridgehead atoms. The third-order valence-electron chi connectivity index (χ3n) is 2.84. The summed E-state index contributed by atoms with van der Waals surface area (Å²) in [7, 11) is 0. The van der Waals surface area contributed by atoms with Crippen LogP contribution >= 0.6 is 0 Å². The summed E-state index contributed by atoms with van der Waals surface area (Å²) in [4.78, 5) is 11.2. The molecule has 0 aromatic carbocycles. The van der Waals surface area contributed by atoms with Crippen molar-refractivity contribution >= 4 is 5.78 Å². The first kappa shape index (κ1) is 14.7. The maximum absolute atomic E-state index is 11.2. The van der Waals surface area contributed by atoms with Crippen LogP contribution in [0.2, 0.25) is 0 Å². The molecule has 1 nitrogen and oxygen atoms in total. The van der Waals surface area contributed by atoms with Crippen LogP contribution in [0.25, 0.3) is 0 Å². The minimum Gasteiger partial charge on any atom is -0.300 e. The van der Waals surface area contributed by atoms with E-state index in [9.17, 15) is 4.79 Å². The van der Waals surface area contributed by atoms with Gasteiger partial charge in [-0.3, -0.25) is 4.79 Å². The molecule has 0 aliphatic carbocycles. The van der Waals surface area contributed by atoms with E-state index in [1.165, 1.54) is 44.9 Å². The van der Waals surface area contributed by atoms with Crippen molar-refractivity contribution in [1.29, 1.82) is 0 Å². The zero-order valence-electron chi connectivity index (χ0n) is 10.7. The van der Waals surface area contributed by atoms with Crippen molar-refractivity contribution < 1.29 is 4.79 Å². The predicted molar refractivity (Wildman–Crippen MR) is 67.1 cm³/mol. The maximum Gasteiger partial charge on any atom is 0.132 e. The molecule has 15 heavy (non-hydrogen) atoms. The molecule has 0 amide bonds. The van der Waals surface area contributed by atoms with Crippen LogP contribution in [-0.2, 0) is 4.79 Å². The summed E-state index contributed by atoms with van der Waals surface area (Å²) in [6, 6.07) is 0. The first-order valence-corrected chi connectivity index (χ1v) is 6.83. The van der Waals surface area contributed by atoms with Crippen molar-refractivity contribution in [3.63, 3.8) is 0 Å². The Kier molecular flexibility index (Phi) is 11.5. The lowest BCUT2D eigenvalue weighted by Crippen LogP contribution is -1.96. The van der Waals surface area contributed by atoms with Gasteiger partial charge in [-0.1, -0.05) is 58.8 Å². The van der Waals surface area contributed by atoms with Crippen molar-refractivity contribution in [3.05, 3.63) is 0 Å². The lowest BCUT2D eigenvalue weighted by atomic mass is 10.0. The van der Waals surface area contributed by atoms with Gasteiger partial charge in [0.1, 0.15) is 5.78 Å². The molecule has 0 saturated heterocycles. The maximum atomic E-state index is 11.2. The molecule has 0 aromatic heterocycles. The summed E-state index contributed by atoms with van der Waals surface area (Å²) in [5.41, 5.74) is 0. The molecule has 0 rings (SSSR count). The Hall–Kier alpha value is -0.330. The van der Waals surface area contributed by atoms with Crippen LogP contribution in [0.3, 0.4) is 0 Å². The van der Waals surface area contributed by atoms with Crippen molar-refractivity contribution in [1.82, 2.24) is 0 Å². The zero-order chi connectivity index (χ0) is 11.4. The van der Waals surface area contributed by atoms with E-state index >= 15 is 0 Å². The SMILES string of the molecule is CCCCCCCCCCC(=O)CCC. The molecular formula is C14H28O. The second kappa shape index (κ2) is 11.7. The van der Waals surface area contributed by atoms with Crippen LogP contribution in [0.1, 0.15) is 84.5 Å². The van der Waals surface area contributed by atoms with Crippen molar-refractivity contribution in [3.8, 4) is 0 Å². The Bertz CT molecular complexity index is 140. The number of carbonyl (C=O) groups is 1. The summed E-state index contributed by atoms with van der Waals surface area (Å²) in [5, 5.41) is 0. The van der Waals surface area contributed by atoms with Gasteiger partial charge in [-0.15, -0.1) is 0 Å². The van der Waals surface area contributed by atoms with Crippen molar-refractivity contribution in [2.75, 3.05) is 0 Å². The summed E-state index contributed by atoms with van der Waals surface area (Å²) < 4.78 is 0. The van der Waals surface area contributed by atoms with E-state index in [0.717, 1.165) is 25.7 Å². The first-order chi connectivity index (χ1) is 7.31. The van der Waals surface area contributed by atoms with Crippen LogP contribution in [0.5, 0.6) is 0 Å². The third-order valence-corrected chi connectivity index (χ3v) is 2.84. The highest BCUT2D eigenvalue weighted by atomic mass is 16.1. The average molecular weight is 212 g/mol. The van der Waals surface area contributed by atoms with E-state index in [4.69, 9.17) is 0 Å². The Morgan fingerprint density at radius 3 is 1.73 bits per heavy atom. The summed E-state index contributed by atoms with van der Waals surface area (Å²) in [6.45, 7) is 4.32. The number of unbranched alkanes of at least 4 members (excludes halogenated alkanes) is 7. The van der Waals surface area contributed by atoms with E-state index in [-0.39, 0.29) is 0 Å². The van der Waals surface area contributed by atoms with E-state index in [2.05, 4.69) is 13.8 Å². The molecule has 0 radical (unpaired) electrons. The number of hydrogen-bond donors (Lipinski definition) is 0. The molecule has 0 spiro atoms. The fourth-order valence-electron chi connectivity index (χ4n) is 1.86. The highest BCUT2D eigenvalue weighted by Crippen LogP contribution is 2.10. The molecule has 90 valence electrons. The number of rotatable bonds is 11. The van der Waals surface area contributed by atoms with Gasteiger partial charge in [-0.05, 0) is 12.8 Å². The number of carbonyl (C=O) groups excluding carboxylic acids is 1. The minimum atomic E-state index is 0.462. The van der Waals surface area contributed by atoms with E-state index in [0.29, 0.717) is 5.78 Å². The van der Waals surface area contributed by atoms with E-state index < -0.39 is 0 Å². The van der Waals surface area contributed by atoms with Gasteiger partial charge in [-0.2, -0.15) is 0 Å².